The fourth-order valence-electron chi connectivity index (χ4n) is 3.11. The van der Waals surface area contributed by atoms with Gasteiger partial charge in [-0.1, -0.05) is 18.6 Å². The molecule has 0 atom stereocenters. The van der Waals surface area contributed by atoms with Gasteiger partial charge >= 0.3 is 0 Å². The lowest BCUT2D eigenvalue weighted by atomic mass is 9.67. The third-order valence-electron chi connectivity index (χ3n) is 4.64. The predicted octanol–water partition coefficient (Wildman–Crippen LogP) is 1.60. The van der Waals surface area contributed by atoms with Crippen LogP contribution in [-0.2, 0) is 4.79 Å². The quantitative estimate of drug-likeness (QED) is 0.877. The van der Waals surface area contributed by atoms with E-state index in [0.29, 0.717) is 6.54 Å². The summed E-state index contributed by atoms with van der Waals surface area (Å²) in [5.74, 6) is 0.224. The normalized spacial score (nSPS) is 20.7. The number of hydrogen-bond acceptors (Lipinski definition) is 3. The zero-order valence-corrected chi connectivity index (χ0v) is 11.4. The van der Waals surface area contributed by atoms with Crippen LogP contribution in [0.15, 0.2) is 24.3 Å². The fraction of sp³-hybridized carbons (Fsp3) is 0.533. The van der Waals surface area contributed by atoms with E-state index in [-0.39, 0.29) is 11.3 Å². The summed E-state index contributed by atoms with van der Waals surface area (Å²) in [4.78, 5) is 17.0. The van der Waals surface area contributed by atoms with Crippen LogP contribution in [0.5, 0.6) is 0 Å². The SMILES string of the molecule is CN1CCN(C(=O)C2(CN)CCC2)c2ccccc21. The van der Waals surface area contributed by atoms with E-state index in [1.54, 1.807) is 0 Å². The number of para-hydroxylation sites is 2. The molecule has 0 unspecified atom stereocenters. The van der Waals surface area contributed by atoms with Gasteiger partial charge in [-0.05, 0) is 25.0 Å². The lowest BCUT2D eigenvalue weighted by Gasteiger charge is -2.45. The molecule has 4 heteroatoms. The largest absolute Gasteiger partial charge is 0.371 e. The number of carbonyl (C=O) groups excluding carboxylic acids is 1. The van der Waals surface area contributed by atoms with E-state index in [9.17, 15) is 4.79 Å². The first-order valence-electron chi connectivity index (χ1n) is 7.00. The first-order valence-corrected chi connectivity index (χ1v) is 7.00. The maximum absolute atomic E-state index is 12.8. The van der Waals surface area contributed by atoms with E-state index < -0.39 is 0 Å². The molecule has 1 aliphatic heterocycles. The van der Waals surface area contributed by atoms with E-state index in [2.05, 4.69) is 18.0 Å². The number of amides is 1. The number of nitrogens with zero attached hydrogens (tertiary/aromatic N) is 2. The van der Waals surface area contributed by atoms with Crippen LogP contribution in [0.25, 0.3) is 0 Å². The zero-order valence-electron chi connectivity index (χ0n) is 11.4. The lowest BCUT2D eigenvalue weighted by Crippen LogP contribution is -2.55. The zero-order chi connectivity index (χ0) is 13.5. The Labute approximate surface area is 114 Å². The maximum Gasteiger partial charge on any atom is 0.234 e. The molecule has 2 N–H and O–H groups in total. The van der Waals surface area contributed by atoms with Gasteiger partial charge in [-0.2, -0.15) is 0 Å². The first kappa shape index (κ1) is 12.5. The average Bonchev–Trinajstić information content (AvgIpc) is 2.39. The van der Waals surface area contributed by atoms with E-state index in [4.69, 9.17) is 5.73 Å². The molecule has 1 aliphatic carbocycles. The summed E-state index contributed by atoms with van der Waals surface area (Å²) < 4.78 is 0. The lowest BCUT2D eigenvalue weighted by molar-refractivity contribution is -0.132. The van der Waals surface area contributed by atoms with Crippen LogP contribution < -0.4 is 15.5 Å². The Morgan fingerprint density at radius 2 is 1.95 bits per heavy atom. The van der Waals surface area contributed by atoms with E-state index >= 15 is 0 Å². The molecule has 1 amide bonds. The van der Waals surface area contributed by atoms with Gasteiger partial charge in [0.15, 0.2) is 0 Å². The van der Waals surface area contributed by atoms with E-state index in [1.807, 2.05) is 23.1 Å². The minimum Gasteiger partial charge on any atom is -0.371 e. The molecular formula is C15H21N3O. The van der Waals surface area contributed by atoms with Crippen LogP contribution >= 0.6 is 0 Å². The highest BCUT2D eigenvalue weighted by Crippen LogP contribution is 2.44. The Hall–Kier alpha value is -1.55. The molecule has 1 fully saturated rings. The molecule has 4 nitrogen and oxygen atoms in total. The molecule has 1 heterocycles. The summed E-state index contributed by atoms with van der Waals surface area (Å²) in [5, 5.41) is 0. The van der Waals surface area contributed by atoms with Crippen LogP contribution in [0.2, 0.25) is 0 Å². The van der Waals surface area contributed by atoms with Crippen LogP contribution in [0, 0.1) is 5.41 Å². The average molecular weight is 259 g/mol. The van der Waals surface area contributed by atoms with Crippen molar-refractivity contribution >= 4 is 17.3 Å². The summed E-state index contributed by atoms with van der Waals surface area (Å²) >= 11 is 0. The summed E-state index contributed by atoms with van der Waals surface area (Å²) in [6, 6.07) is 8.12. The van der Waals surface area contributed by atoms with Gasteiger partial charge in [0.2, 0.25) is 5.91 Å². The van der Waals surface area contributed by atoms with Crippen molar-refractivity contribution in [3.8, 4) is 0 Å². The second kappa shape index (κ2) is 4.53. The molecule has 19 heavy (non-hydrogen) atoms. The highest BCUT2D eigenvalue weighted by Gasteiger charge is 2.46. The number of nitrogens with two attached hydrogens (primary N) is 1. The van der Waals surface area contributed by atoms with Gasteiger partial charge < -0.3 is 15.5 Å². The third-order valence-corrected chi connectivity index (χ3v) is 4.64. The summed E-state index contributed by atoms with van der Waals surface area (Å²) in [7, 11) is 2.07. The van der Waals surface area contributed by atoms with Gasteiger partial charge in [-0.25, -0.2) is 0 Å². The van der Waals surface area contributed by atoms with Gasteiger partial charge in [-0.15, -0.1) is 0 Å². The fourth-order valence-corrected chi connectivity index (χ4v) is 3.11. The van der Waals surface area contributed by atoms with Gasteiger partial charge in [-0.3, -0.25) is 4.79 Å². The van der Waals surface area contributed by atoms with Crippen molar-refractivity contribution < 1.29 is 4.79 Å². The summed E-state index contributed by atoms with van der Waals surface area (Å²) in [6.45, 7) is 2.11. The second-order valence-corrected chi connectivity index (χ2v) is 5.71. The third kappa shape index (κ3) is 1.82. The Morgan fingerprint density at radius 3 is 2.53 bits per heavy atom. The first-order chi connectivity index (χ1) is 9.18. The van der Waals surface area contributed by atoms with Gasteiger partial charge in [0.1, 0.15) is 0 Å². The molecule has 0 aromatic heterocycles. The molecule has 3 rings (SSSR count). The van der Waals surface area contributed by atoms with E-state index in [0.717, 1.165) is 43.7 Å². The number of hydrogen-bond donors (Lipinski definition) is 1. The van der Waals surface area contributed by atoms with Gasteiger partial charge in [0, 0.05) is 26.7 Å². The predicted molar refractivity (Wildman–Crippen MR) is 77.4 cm³/mol. The van der Waals surface area contributed by atoms with Crippen molar-refractivity contribution in [1.29, 1.82) is 0 Å². The monoisotopic (exact) mass is 259 g/mol. The Bertz CT molecular complexity index is 490. The van der Waals surface area contributed by atoms with Gasteiger partial charge in [0.05, 0.1) is 16.8 Å². The topological polar surface area (TPSA) is 49.6 Å². The maximum atomic E-state index is 12.8. The van der Waals surface area contributed by atoms with Crippen molar-refractivity contribution in [1.82, 2.24) is 0 Å². The van der Waals surface area contributed by atoms with Crippen molar-refractivity contribution in [3.63, 3.8) is 0 Å². The Morgan fingerprint density at radius 1 is 1.26 bits per heavy atom. The number of benzene rings is 1. The molecule has 1 aromatic rings. The molecular weight excluding hydrogens is 238 g/mol. The molecule has 1 saturated carbocycles. The minimum absolute atomic E-state index is 0.224. The van der Waals surface area contributed by atoms with Crippen molar-refractivity contribution in [2.24, 2.45) is 11.1 Å². The van der Waals surface area contributed by atoms with Crippen molar-refractivity contribution in [2.75, 3.05) is 36.5 Å². The molecule has 0 spiro atoms. The molecule has 0 bridgehead atoms. The number of fused-ring (bicyclic) bond motifs is 1. The molecule has 1 aromatic carbocycles. The smallest absolute Gasteiger partial charge is 0.234 e. The second-order valence-electron chi connectivity index (χ2n) is 5.71. The number of carbonyl (C=O) groups is 1. The van der Waals surface area contributed by atoms with Crippen LogP contribution in [0.4, 0.5) is 11.4 Å². The molecule has 0 radical (unpaired) electrons. The van der Waals surface area contributed by atoms with Crippen LogP contribution in [0.3, 0.4) is 0 Å². The molecule has 2 aliphatic rings. The Kier molecular flexibility index (Phi) is 2.97. The summed E-state index contributed by atoms with van der Waals surface area (Å²) in [6.07, 6.45) is 3.01. The highest BCUT2D eigenvalue weighted by atomic mass is 16.2. The molecule has 102 valence electrons. The Balaban J connectivity index is 1.94. The molecule has 0 saturated heterocycles. The van der Waals surface area contributed by atoms with Crippen molar-refractivity contribution in [3.05, 3.63) is 24.3 Å². The number of anilines is 2. The van der Waals surface area contributed by atoms with E-state index in [1.165, 1.54) is 0 Å². The van der Waals surface area contributed by atoms with Gasteiger partial charge in [0.25, 0.3) is 0 Å². The number of rotatable bonds is 2. The minimum atomic E-state index is -0.289. The highest BCUT2D eigenvalue weighted by molar-refractivity contribution is 6.01. The standard InChI is InChI=1S/C15H21N3O/c1-17-9-10-18(13-6-3-2-5-12(13)17)14(19)15(11-16)7-4-8-15/h2-3,5-6H,4,7-11,16H2,1H3. The number of likely N-dealkylation sites (N-methyl/N-ethyl adjacent to an activating group) is 1. The van der Waals surface area contributed by atoms with Crippen LogP contribution in [0.1, 0.15) is 19.3 Å². The summed E-state index contributed by atoms with van der Waals surface area (Å²) in [5.41, 5.74) is 7.74. The van der Waals surface area contributed by atoms with Crippen LogP contribution in [-0.4, -0.2) is 32.6 Å². The van der Waals surface area contributed by atoms with Crippen molar-refractivity contribution in [2.45, 2.75) is 19.3 Å².